The molecule has 5 rings (SSSR count). The predicted octanol–water partition coefficient (Wildman–Crippen LogP) is 1.35. The molecule has 8 nitrogen and oxygen atoms in total. The van der Waals surface area contributed by atoms with E-state index in [0.29, 0.717) is 31.9 Å². The maximum atomic E-state index is 12.9. The molecule has 132 valence electrons. The molecule has 26 heavy (non-hydrogen) atoms. The maximum absolute atomic E-state index is 12.9. The molecule has 0 saturated carbocycles. The molecule has 0 bridgehead atoms. The molecule has 2 aliphatic rings. The van der Waals surface area contributed by atoms with Crippen LogP contribution in [0.1, 0.15) is 21.6 Å². The first-order chi connectivity index (χ1) is 12.8. The quantitative estimate of drug-likeness (QED) is 0.751. The minimum atomic E-state index is -0.00702. The number of ether oxygens (including phenoxy) is 1. The highest BCUT2D eigenvalue weighted by Gasteiger charge is 2.27. The Kier molecular flexibility index (Phi) is 3.56. The first-order valence-electron chi connectivity index (χ1n) is 8.68. The molecule has 4 heterocycles. The van der Waals surface area contributed by atoms with Gasteiger partial charge in [0.15, 0.2) is 0 Å². The molecule has 0 spiro atoms. The third-order valence-electron chi connectivity index (χ3n) is 4.89. The molecule has 3 aromatic rings. The lowest BCUT2D eigenvalue weighted by Gasteiger charge is -2.26. The molecule has 1 saturated heterocycles. The highest BCUT2D eigenvalue weighted by molar-refractivity contribution is 5.97. The fraction of sp³-hybridized carbons (Fsp3) is 0.333. The maximum Gasteiger partial charge on any atom is 0.254 e. The number of morpholine rings is 1. The van der Waals surface area contributed by atoms with Gasteiger partial charge in [-0.25, -0.2) is 15.0 Å². The molecule has 8 heteroatoms. The SMILES string of the molecule is O=C(c1ccc2nc[nH]c2c1)N1Cc2cnc(N3CCOCC3)nc2C1. The van der Waals surface area contributed by atoms with E-state index in [1.165, 1.54) is 0 Å². The summed E-state index contributed by atoms with van der Waals surface area (Å²) < 4.78 is 5.38. The standard InChI is InChI=1S/C18H18N6O2/c25-17(12-1-2-14-15(7-12)21-11-20-14)24-9-13-8-19-18(22-16(13)10-24)23-3-5-26-6-4-23/h1-2,7-8,11H,3-6,9-10H2,(H,20,21). The van der Waals surface area contributed by atoms with E-state index in [0.717, 1.165) is 41.3 Å². The summed E-state index contributed by atoms with van der Waals surface area (Å²) in [5, 5.41) is 0. The van der Waals surface area contributed by atoms with E-state index in [1.807, 2.05) is 24.4 Å². The minimum Gasteiger partial charge on any atom is -0.378 e. The van der Waals surface area contributed by atoms with E-state index < -0.39 is 0 Å². The number of nitrogens with zero attached hydrogens (tertiary/aromatic N) is 5. The van der Waals surface area contributed by atoms with Gasteiger partial charge in [-0.15, -0.1) is 0 Å². The third kappa shape index (κ3) is 2.59. The van der Waals surface area contributed by atoms with Gasteiger partial charge < -0.3 is 19.5 Å². The molecule has 0 radical (unpaired) electrons. The monoisotopic (exact) mass is 350 g/mol. The van der Waals surface area contributed by atoms with E-state index in [9.17, 15) is 4.79 Å². The Morgan fingerprint density at radius 3 is 2.92 bits per heavy atom. The summed E-state index contributed by atoms with van der Waals surface area (Å²) in [5.41, 5.74) is 4.31. The lowest BCUT2D eigenvalue weighted by molar-refractivity contribution is 0.0750. The molecular formula is C18H18N6O2. The Hall–Kier alpha value is -3.00. The van der Waals surface area contributed by atoms with E-state index in [1.54, 1.807) is 11.2 Å². The van der Waals surface area contributed by atoms with Gasteiger partial charge in [0.2, 0.25) is 5.95 Å². The predicted molar refractivity (Wildman–Crippen MR) is 94.7 cm³/mol. The number of benzene rings is 1. The first kappa shape index (κ1) is 15.3. The number of fused-ring (bicyclic) bond motifs is 2. The second kappa shape index (κ2) is 6.06. The van der Waals surface area contributed by atoms with Crippen molar-refractivity contribution >= 4 is 22.9 Å². The second-order valence-electron chi connectivity index (χ2n) is 6.54. The van der Waals surface area contributed by atoms with Gasteiger partial charge in [0.1, 0.15) is 0 Å². The Labute approximate surface area is 149 Å². The van der Waals surface area contributed by atoms with Crippen LogP contribution in [0.2, 0.25) is 0 Å². The number of anilines is 1. The molecule has 0 atom stereocenters. The minimum absolute atomic E-state index is 0.00702. The van der Waals surface area contributed by atoms with Gasteiger partial charge in [-0.2, -0.15) is 0 Å². The Morgan fingerprint density at radius 1 is 1.15 bits per heavy atom. The summed E-state index contributed by atoms with van der Waals surface area (Å²) in [4.78, 5) is 33.2. The van der Waals surface area contributed by atoms with Gasteiger partial charge in [0.25, 0.3) is 5.91 Å². The van der Waals surface area contributed by atoms with E-state index >= 15 is 0 Å². The van der Waals surface area contributed by atoms with Crippen molar-refractivity contribution < 1.29 is 9.53 Å². The number of aromatic nitrogens is 4. The third-order valence-corrected chi connectivity index (χ3v) is 4.89. The van der Waals surface area contributed by atoms with Crippen LogP contribution in [0.3, 0.4) is 0 Å². The summed E-state index contributed by atoms with van der Waals surface area (Å²) in [6.07, 6.45) is 3.48. The van der Waals surface area contributed by atoms with Crippen molar-refractivity contribution in [1.82, 2.24) is 24.8 Å². The molecule has 1 amide bonds. The zero-order valence-electron chi connectivity index (χ0n) is 14.2. The summed E-state index contributed by atoms with van der Waals surface area (Å²) >= 11 is 0. The van der Waals surface area contributed by atoms with Crippen molar-refractivity contribution in [2.75, 3.05) is 31.2 Å². The van der Waals surface area contributed by atoms with Crippen molar-refractivity contribution in [2.24, 2.45) is 0 Å². The van der Waals surface area contributed by atoms with Crippen LogP contribution in [0.15, 0.2) is 30.7 Å². The molecule has 2 aromatic heterocycles. The molecule has 0 unspecified atom stereocenters. The van der Waals surface area contributed by atoms with Gasteiger partial charge in [0, 0.05) is 37.0 Å². The second-order valence-corrected chi connectivity index (χ2v) is 6.54. The molecule has 0 aliphatic carbocycles. The normalized spacial score (nSPS) is 16.9. The number of imidazole rings is 1. The number of hydrogen-bond acceptors (Lipinski definition) is 6. The average molecular weight is 350 g/mol. The number of nitrogens with one attached hydrogen (secondary N) is 1. The highest BCUT2D eigenvalue weighted by atomic mass is 16.5. The van der Waals surface area contributed by atoms with Crippen LogP contribution in [0.4, 0.5) is 5.95 Å². The van der Waals surface area contributed by atoms with Crippen LogP contribution in [-0.4, -0.2) is 57.0 Å². The smallest absolute Gasteiger partial charge is 0.254 e. The fourth-order valence-electron chi connectivity index (χ4n) is 3.45. The largest absolute Gasteiger partial charge is 0.378 e. The van der Waals surface area contributed by atoms with Crippen LogP contribution in [0.25, 0.3) is 11.0 Å². The molecule has 1 N–H and O–H groups in total. The Morgan fingerprint density at radius 2 is 2.04 bits per heavy atom. The van der Waals surface area contributed by atoms with Crippen molar-refractivity contribution in [2.45, 2.75) is 13.1 Å². The Bertz CT molecular complexity index is 979. The number of H-pyrrole nitrogens is 1. The number of rotatable bonds is 2. The van der Waals surface area contributed by atoms with Crippen molar-refractivity contribution in [3.05, 3.63) is 47.5 Å². The topological polar surface area (TPSA) is 87.2 Å². The summed E-state index contributed by atoms with van der Waals surface area (Å²) in [6, 6.07) is 5.52. The molecule has 1 fully saturated rings. The summed E-state index contributed by atoms with van der Waals surface area (Å²) in [5.74, 6) is 0.715. The van der Waals surface area contributed by atoms with E-state index in [2.05, 4.69) is 19.9 Å². The van der Waals surface area contributed by atoms with Crippen molar-refractivity contribution in [3.63, 3.8) is 0 Å². The average Bonchev–Trinajstić information content (AvgIpc) is 3.33. The van der Waals surface area contributed by atoms with E-state index in [-0.39, 0.29) is 5.91 Å². The van der Waals surface area contributed by atoms with Gasteiger partial charge in [-0.3, -0.25) is 4.79 Å². The number of carbonyl (C=O) groups excluding carboxylic acids is 1. The summed E-state index contributed by atoms with van der Waals surface area (Å²) in [7, 11) is 0. The highest BCUT2D eigenvalue weighted by Crippen LogP contribution is 2.25. The van der Waals surface area contributed by atoms with Gasteiger partial charge >= 0.3 is 0 Å². The number of carbonyl (C=O) groups is 1. The van der Waals surface area contributed by atoms with Crippen LogP contribution in [0, 0.1) is 0 Å². The van der Waals surface area contributed by atoms with E-state index in [4.69, 9.17) is 9.72 Å². The van der Waals surface area contributed by atoms with Crippen LogP contribution < -0.4 is 4.90 Å². The van der Waals surface area contributed by atoms with Crippen LogP contribution in [0.5, 0.6) is 0 Å². The lowest BCUT2D eigenvalue weighted by Crippen LogP contribution is -2.37. The lowest BCUT2D eigenvalue weighted by atomic mass is 10.2. The zero-order chi connectivity index (χ0) is 17.5. The number of amides is 1. The van der Waals surface area contributed by atoms with Crippen LogP contribution >= 0.6 is 0 Å². The van der Waals surface area contributed by atoms with Crippen molar-refractivity contribution in [3.8, 4) is 0 Å². The molecule has 1 aromatic carbocycles. The summed E-state index contributed by atoms with van der Waals surface area (Å²) in [6.45, 7) is 4.03. The first-order valence-corrected chi connectivity index (χ1v) is 8.68. The molecular weight excluding hydrogens is 332 g/mol. The van der Waals surface area contributed by atoms with Gasteiger partial charge in [0.05, 0.1) is 42.8 Å². The molecule has 2 aliphatic heterocycles. The van der Waals surface area contributed by atoms with Crippen molar-refractivity contribution in [1.29, 1.82) is 0 Å². The number of aromatic amines is 1. The van der Waals surface area contributed by atoms with Gasteiger partial charge in [-0.1, -0.05) is 0 Å². The Balaban J connectivity index is 1.37. The number of hydrogen-bond donors (Lipinski definition) is 1. The zero-order valence-corrected chi connectivity index (χ0v) is 14.2. The fourth-order valence-corrected chi connectivity index (χ4v) is 3.45. The van der Waals surface area contributed by atoms with Crippen LogP contribution in [-0.2, 0) is 17.8 Å². The van der Waals surface area contributed by atoms with Gasteiger partial charge in [-0.05, 0) is 18.2 Å².